The number of fused-ring (bicyclic) bond motifs is 1. The fourth-order valence-corrected chi connectivity index (χ4v) is 4.39. The van der Waals surface area contributed by atoms with Gasteiger partial charge in [0, 0.05) is 38.4 Å². The maximum atomic E-state index is 11.3. The summed E-state index contributed by atoms with van der Waals surface area (Å²) in [7, 11) is -3.45. The highest BCUT2D eigenvalue weighted by atomic mass is 32.2. The monoisotopic (exact) mass is 393 g/mol. The van der Waals surface area contributed by atoms with Crippen LogP contribution in [0.1, 0.15) is 31.4 Å². The van der Waals surface area contributed by atoms with Gasteiger partial charge in [-0.15, -0.1) is 0 Å². The summed E-state index contributed by atoms with van der Waals surface area (Å²) in [5.74, 6) is 1.79. The summed E-state index contributed by atoms with van der Waals surface area (Å²) in [6.07, 6.45) is 5.79. The van der Waals surface area contributed by atoms with E-state index in [1.165, 1.54) is 25.7 Å². The molecule has 148 valence electrons. The highest BCUT2D eigenvalue weighted by Gasteiger charge is 2.24. The normalized spacial score (nSPS) is 18.1. The number of hydrogen-bond acceptors (Lipinski definition) is 7. The second-order valence-electron chi connectivity index (χ2n) is 7.44. The van der Waals surface area contributed by atoms with Crippen LogP contribution in [0.2, 0.25) is 0 Å². The summed E-state index contributed by atoms with van der Waals surface area (Å²) >= 11 is 0. The topological polar surface area (TPSA) is 80.6 Å². The smallest absolute Gasteiger partial charge is 0.264 e. The van der Waals surface area contributed by atoms with Gasteiger partial charge in [0.1, 0.15) is 11.5 Å². The third-order valence-electron chi connectivity index (χ3n) is 5.34. The molecule has 0 bridgehead atoms. The van der Waals surface area contributed by atoms with Crippen molar-refractivity contribution < 1.29 is 12.6 Å². The predicted octanol–water partition coefficient (Wildman–Crippen LogP) is 1.92. The van der Waals surface area contributed by atoms with E-state index in [1.54, 1.807) is 0 Å². The van der Waals surface area contributed by atoms with Crippen LogP contribution < -0.4 is 9.80 Å². The minimum Gasteiger partial charge on any atom is -0.356 e. The van der Waals surface area contributed by atoms with Crippen LogP contribution in [0, 0.1) is 6.92 Å². The van der Waals surface area contributed by atoms with E-state index >= 15 is 0 Å². The number of aromatic nitrogens is 3. The average molecular weight is 394 g/mol. The second kappa shape index (κ2) is 7.27. The maximum Gasteiger partial charge on any atom is 0.264 e. The van der Waals surface area contributed by atoms with Crippen molar-refractivity contribution in [1.82, 2.24) is 14.5 Å². The molecule has 2 fully saturated rings. The summed E-state index contributed by atoms with van der Waals surface area (Å²) in [4.78, 5) is 14.4. The molecule has 0 spiro atoms. The summed E-state index contributed by atoms with van der Waals surface area (Å²) < 4.78 is 29.6. The summed E-state index contributed by atoms with van der Waals surface area (Å²) in [6.45, 7) is 6.58. The molecule has 0 N–H and O–H groups in total. The minimum atomic E-state index is -3.45. The molecule has 2 aliphatic heterocycles. The summed E-state index contributed by atoms with van der Waals surface area (Å²) in [5.41, 5.74) is 1.90. The second-order valence-corrected chi connectivity index (χ2v) is 9.08. The molecule has 27 heavy (non-hydrogen) atoms. The van der Waals surface area contributed by atoms with E-state index in [9.17, 15) is 8.42 Å². The van der Waals surface area contributed by atoms with E-state index < -0.39 is 10.1 Å². The van der Waals surface area contributed by atoms with E-state index in [0.717, 1.165) is 60.9 Å². The molecule has 0 atom stereocenters. The quantitative estimate of drug-likeness (QED) is 0.694. The largest absolute Gasteiger partial charge is 0.356 e. The average Bonchev–Trinajstić information content (AvgIpc) is 3.34. The van der Waals surface area contributed by atoms with E-state index in [2.05, 4.69) is 15.9 Å². The first kappa shape index (κ1) is 18.5. The van der Waals surface area contributed by atoms with Crippen LogP contribution in [0.25, 0.3) is 11.0 Å². The Kier molecular flexibility index (Phi) is 4.98. The van der Waals surface area contributed by atoms with Crippen molar-refractivity contribution in [3.05, 3.63) is 11.8 Å². The van der Waals surface area contributed by atoms with E-state index in [1.807, 2.05) is 11.5 Å². The molecule has 0 saturated carbocycles. The lowest BCUT2D eigenvalue weighted by atomic mass is 10.3. The van der Waals surface area contributed by atoms with Gasteiger partial charge in [-0.2, -0.15) is 18.4 Å². The van der Waals surface area contributed by atoms with Crippen LogP contribution in [0.3, 0.4) is 0 Å². The number of anilines is 2. The fourth-order valence-electron chi connectivity index (χ4n) is 4.01. The van der Waals surface area contributed by atoms with Crippen molar-refractivity contribution in [2.24, 2.45) is 0 Å². The van der Waals surface area contributed by atoms with Gasteiger partial charge in [0.25, 0.3) is 10.1 Å². The first-order valence-electron chi connectivity index (χ1n) is 9.64. The third kappa shape index (κ3) is 3.89. The highest BCUT2D eigenvalue weighted by molar-refractivity contribution is 7.85. The van der Waals surface area contributed by atoms with Crippen LogP contribution in [0.5, 0.6) is 0 Å². The van der Waals surface area contributed by atoms with Crippen LogP contribution in [-0.4, -0.2) is 62.0 Å². The van der Waals surface area contributed by atoms with Crippen molar-refractivity contribution >= 4 is 32.9 Å². The Morgan fingerprint density at radius 2 is 1.67 bits per heavy atom. The number of nitrogens with zero attached hydrogens (tertiary/aromatic N) is 5. The Hall–Kier alpha value is -1.87. The molecule has 9 heteroatoms. The molecule has 0 radical (unpaired) electrons. The Labute approximate surface area is 160 Å². The molecule has 0 amide bonds. The first-order chi connectivity index (χ1) is 12.9. The maximum absolute atomic E-state index is 11.3. The molecule has 2 saturated heterocycles. The summed E-state index contributed by atoms with van der Waals surface area (Å²) in [6, 6.07) is 2.11. The zero-order valence-electron chi connectivity index (χ0n) is 16.0. The van der Waals surface area contributed by atoms with E-state index in [4.69, 9.17) is 14.2 Å². The third-order valence-corrected chi connectivity index (χ3v) is 5.93. The van der Waals surface area contributed by atoms with Gasteiger partial charge < -0.3 is 14.4 Å². The van der Waals surface area contributed by atoms with Gasteiger partial charge in [-0.05, 0) is 38.7 Å². The van der Waals surface area contributed by atoms with Gasteiger partial charge in [0.2, 0.25) is 5.95 Å². The molecule has 0 unspecified atom stereocenters. The van der Waals surface area contributed by atoms with Gasteiger partial charge in [0.05, 0.1) is 18.2 Å². The van der Waals surface area contributed by atoms with Crippen LogP contribution >= 0.6 is 0 Å². The number of hydrogen-bond donors (Lipinski definition) is 0. The van der Waals surface area contributed by atoms with Crippen molar-refractivity contribution in [2.75, 3.05) is 48.8 Å². The standard InChI is InChI=1S/C18H27N5O3S/c1-14-13-15-16(21-7-3-4-8-21)19-18(22-9-5-6-10-22)20-17(15)23(14)11-12-26-27(2,24)25/h13H,3-12H2,1-2H3. The fraction of sp³-hybridized carbons (Fsp3) is 0.667. The van der Waals surface area contributed by atoms with Crippen molar-refractivity contribution in [2.45, 2.75) is 39.2 Å². The van der Waals surface area contributed by atoms with Gasteiger partial charge in [-0.1, -0.05) is 0 Å². The molecule has 2 aromatic heterocycles. The highest BCUT2D eigenvalue weighted by Crippen LogP contribution is 2.32. The Balaban J connectivity index is 1.75. The van der Waals surface area contributed by atoms with Gasteiger partial charge in [-0.3, -0.25) is 4.18 Å². The molecular weight excluding hydrogens is 366 g/mol. The Bertz CT molecular complexity index is 928. The molecule has 0 aliphatic carbocycles. The molecular formula is C18H27N5O3S. The minimum absolute atomic E-state index is 0.103. The first-order valence-corrected chi connectivity index (χ1v) is 11.5. The van der Waals surface area contributed by atoms with Crippen molar-refractivity contribution in [1.29, 1.82) is 0 Å². The summed E-state index contributed by atoms with van der Waals surface area (Å²) in [5, 5.41) is 1.04. The molecule has 0 aromatic carbocycles. The lowest BCUT2D eigenvalue weighted by Crippen LogP contribution is -2.24. The van der Waals surface area contributed by atoms with E-state index in [-0.39, 0.29) is 6.61 Å². The van der Waals surface area contributed by atoms with E-state index in [0.29, 0.717) is 6.54 Å². The van der Waals surface area contributed by atoms with Crippen molar-refractivity contribution in [3.8, 4) is 0 Å². The zero-order valence-corrected chi connectivity index (χ0v) is 16.8. The SMILES string of the molecule is Cc1cc2c(N3CCCC3)nc(N3CCCC3)nc2n1CCOS(C)(=O)=O. The number of aryl methyl sites for hydroxylation is 1. The Morgan fingerprint density at radius 3 is 2.30 bits per heavy atom. The molecule has 2 aliphatic rings. The Morgan fingerprint density at radius 1 is 1.04 bits per heavy atom. The van der Waals surface area contributed by atoms with Gasteiger partial charge >= 0.3 is 0 Å². The molecule has 4 rings (SSSR count). The van der Waals surface area contributed by atoms with Crippen LogP contribution in [-0.2, 0) is 20.8 Å². The van der Waals surface area contributed by atoms with Crippen molar-refractivity contribution in [3.63, 3.8) is 0 Å². The van der Waals surface area contributed by atoms with Crippen LogP contribution in [0.4, 0.5) is 11.8 Å². The molecule has 2 aromatic rings. The molecule has 8 nitrogen and oxygen atoms in total. The zero-order chi connectivity index (χ0) is 19.0. The van der Waals surface area contributed by atoms with Crippen LogP contribution in [0.15, 0.2) is 6.07 Å². The van der Waals surface area contributed by atoms with Gasteiger partial charge in [-0.25, -0.2) is 0 Å². The lowest BCUT2D eigenvalue weighted by molar-refractivity contribution is 0.304. The lowest BCUT2D eigenvalue weighted by Gasteiger charge is -2.21. The predicted molar refractivity (Wildman–Crippen MR) is 106 cm³/mol. The number of rotatable bonds is 6. The van der Waals surface area contributed by atoms with Gasteiger partial charge in [0.15, 0.2) is 0 Å². The molecule has 4 heterocycles.